The molecule has 0 amide bonds. The second-order valence-corrected chi connectivity index (χ2v) is 8.30. The number of aliphatic imine (C=N–C) groups is 1. The lowest BCUT2D eigenvalue weighted by Crippen LogP contribution is -2.48. The number of ether oxygens (including phenoxy) is 2. The van der Waals surface area contributed by atoms with Crippen LogP contribution in [-0.2, 0) is 6.42 Å². The Balaban J connectivity index is 1.38. The van der Waals surface area contributed by atoms with Gasteiger partial charge in [0.2, 0.25) is 0 Å². The summed E-state index contributed by atoms with van der Waals surface area (Å²) >= 11 is 1.82. The molecule has 0 spiro atoms. The topological polar surface area (TPSA) is 58.1 Å². The fraction of sp³-hybridized carbons (Fsp3) is 0.522. The summed E-state index contributed by atoms with van der Waals surface area (Å²) in [5.74, 6) is 2.50. The van der Waals surface area contributed by atoms with Crippen LogP contribution in [-0.4, -0.2) is 52.4 Å². The summed E-state index contributed by atoms with van der Waals surface area (Å²) < 4.78 is 11.0. The molecule has 6 nitrogen and oxygen atoms in total. The van der Waals surface area contributed by atoms with Crippen molar-refractivity contribution in [3.8, 4) is 11.5 Å². The van der Waals surface area contributed by atoms with Gasteiger partial charge in [0.1, 0.15) is 0 Å². The maximum absolute atomic E-state index is 5.67. The third kappa shape index (κ3) is 6.29. The van der Waals surface area contributed by atoms with Crippen LogP contribution in [0.2, 0.25) is 0 Å². The van der Waals surface area contributed by atoms with E-state index in [1.807, 2.05) is 31.4 Å². The minimum absolute atomic E-state index is 0.475. The molecule has 3 rings (SSSR count). The monoisotopic (exact) mass is 430 g/mol. The lowest BCUT2D eigenvalue weighted by Gasteiger charge is -2.33. The van der Waals surface area contributed by atoms with Gasteiger partial charge in [0.25, 0.3) is 0 Å². The fourth-order valence-corrected chi connectivity index (χ4v) is 4.51. The second-order valence-electron chi connectivity index (χ2n) is 7.38. The highest BCUT2D eigenvalue weighted by Gasteiger charge is 2.20. The van der Waals surface area contributed by atoms with Gasteiger partial charge >= 0.3 is 0 Å². The first kappa shape index (κ1) is 22.3. The van der Waals surface area contributed by atoms with Gasteiger partial charge in [0.05, 0.1) is 18.7 Å². The quantitative estimate of drug-likeness (QED) is 0.359. The summed E-state index contributed by atoms with van der Waals surface area (Å²) in [6.45, 7) is 5.68. The van der Waals surface area contributed by atoms with Gasteiger partial charge in [0.15, 0.2) is 17.5 Å². The summed E-state index contributed by atoms with van der Waals surface area (Å²) in [6, 6.07) is 11.0. The smallest absolute Gasteiger partial charge is 0.191 e. The zero-order valence-corrected chi connectivity index (χ0v) is 19.1. The molecular formula is C23H34N4O2S. The molecule has 1 aliphatic heterocycles. The number of methoxy groups -OCH3 is 1. The van der Waals surface area contributed by atoms with E-state index in [2.05, 4.69) is 50.2 Å². The van der Waals surface area contributed by atoms with Crippen LogP contribution in [0.5, 0.6) is 11.5 Å². The normalized spacial score (nSPS) is 15.2. The van der Waals surface area contributed by atoms with Crippen LogP contribution >= 0.6 is 11.3 Å². The first-order chi connectivity index (χ1) is 14.7. The van der Waals surface area contributed by atoms with Crippen molar-refractivity contribution < 1.29 is 9.47 Å². The molecule has 0 aliphatic carbocycles. The average Bonchev–Trinajstić information content (AvgIpc) is 3.32. The summed E-state index contributed by atoms with van der Waals surface area (Å²) in [4.78, 5) is 6.88. The summed E-state index contributed by atoms with van der Waals surface area (Å²) in [5, 5.41) is 10.6. The highest BCUT2D eigenvalue weighted by Crippen LogP contribution is 2.28. The predicted molar refractivity (Wildman–Crippen MR) is 127 cm³/mol. The second kappa shape index (κ2) is 11.7. The molecule has 0 unspecified atom stereocenters. The van der Waals surface area contributed by atoms with Gasteiger partial charge in [-0.3, -0.25) is 4.99 Å². The SMILES string of the molecule is CCOc1cc(CCCNC(=NC)NC2CCN(c3cccs3)CC2)ccc1OC. The maximum atomic E-state index is 5.67. The van der Waals surface area contributed by atoms with E-state index in [0.29, 0.717) is 12.6 Å². The molecule has 1 aliphatic rings. The van der Waals surface area contributed by atoms with Crippen LogP contribution in [0.1, 0.15) is 31.7 Å². The molecule has 2 aromatic rings. The number of anilines is 1. The Morgan fingerprint density at radius 1 is 1.23 bits per heavy atom. The van der Waals surface area contributed by atoms with Crippen molar-refractivity contribution >= 4 is 22.3 Å². The number of hydrogen-bond acceptors (Lipinski definition) is 5. The van der Waals surface area contributed by atoms with Crippen molar-refractivity contribution in [2.75, 3.05) is 45.3 Å². The van der Waals surface area contributed by atoms with E-state index in [1.165, 1.54) is 10.6 Å². The molecule has 164 valence electrons. The van der Waals surface area contributed by atoms with Crippen molar-refractivity contribution in [3.05, 3.63) is 41.3 Å². The van der Waals surface area contributed by atoms with Gasteiger partial charge in [-0.1, -0.05) is 6.07 Å². The molecule has 2 N–H and O–H groups in total. The largest absolute Gasteiger partial charge is 0.493 e. The summed E-state index contributed by atoms with van der Waals surface area (Å²) in [5.41, 5.74) is 1.25. The van der Waals surface area contributed by atoms with Crippen LogP contribution < -0.4 is 25.0 Å². The van der Waals surface area contributed by atoms with Crippen LogP contribution in [0.4, 0.5) is 5.00 Å². The zero-order chi connectivity index (χ0) is 21.2. The van der Waals surface area contributed by atoms with E-state index in [0.717, 1.165) is 62.8 Å². The number of hydrogen-bond donors (Lipinski definition) is 2. The van der Waals surface area contributed by atoms with Gasteiger partial charge in [-0.15, -0.1) is 11.3 Å². The number of benzene rings is 1. The number of rotatable bonds is 9. The molecule has 1 aromatic heterocycles. The third-order valence-electron chi connectivity index (χ3n) is 5.34. The van der Waals surface area contributed by atoms with Crippen molar-refractivity contribution in [2.24, 2.45) is 4.99 Å². The van der Waals surface area contributed by atoms with E-state index in [1.54, 1.807) is 7.11 Å². The van der Waals surface area contributed by atoms with Crippen molar-refractivity contribution in [3.63, 3.8) is 0 Å². The molecule has 1 fully saturated rings. The minimum atomic E-state index is 0.475. The molecular weight excluding hydrogens is 396 g/mol. The predicted octanol–water partition coefficient (Wildman–Crippen LogP) is 3.92. The van der Waals surface area contributed by atoms with Crippen molar-refractivity contribution in [1.29, 1.82) is 0 Å². The lowest BCUT2D eigenvalue weighted by atomic mass is 10.1. The standard InChI is InChI=1S/C23H34N4O2S/c1-4-29-21-17-18(9-10-20(21)28-3)7-5-13-25-23(24-2)26-19-11-14-27(15-12-19)22-8-6-16-30-22/h6,8-10,16-17,19H,4-5,7,11-15H2,1-3H3,(H2,24,25,26). The third-order valence-corrected chi connectivity index (χ3v) is 6.27. The highest BCUT2D eigenvalue weighted by molar-refractivity contribution is 7.14. The molecule has 0 atom stereocenters. The van der Waals surface area contributed by atoms with Crippen LogP contribution in [0.25, 0.3) is 0 Å². The Morgan fingerprint density at radius 3 is 2.73 bits per heavy atom. The average molecular weight is 431 g/mol. The Labute approximate surface area is 184 Å². The van der Waals surface area contributed by atoms with Gasteiger partial charge in [0, 0.05) is 32.7 Å². The molecule has 30 heavy (non-hydrogen) atoms. The Morgan fingerprint density at radius 2 is 2.07 bits per heavy atom. The number of guanidine groups is 1. The van der Waals surface area contributed by atoms with E-state index in [4.69, 9.17) is 9.47 Å². The molecule has 7 heteroatoms. The summed E-state index contributed by atoms with van der Waals surface area (Å²) in [7, 11) is 3.51. The molecule has 1 aromatic carbocycles. The Bertz CT molecular complexity index is 787. The molecule has 0 saturated carbocycles. The number of nitrogens with one attached hydrogen (secondary N) is 2. The molecule has 2 heterocycles. The van der Waals surface area contributed by atoms with Crippen LogP contribution in [0.3, 0.4) is 0 Å². The van der Waals surface area contributed by atoms with Gasteiger partial charge in [-0.2, -0.15) is 0 Å². The van der Waals surface area contributed by atoms with Crippen molar-refractivity contribution in [1.82, 2.24) is 10.6 Å². The van der Waals surface area contributed by atoms with Gasteiger partial charge < -0.3 is 25.0 Å². The fourth-order valence-electron chi connectivity index (χ4n) is 3.73. The van der Waals surface area contributed by atoms with E-state index < -0.39 is 0 Å². The minimum Gasteiger partial charge on any atom is -0.493 e. The molecule has 0 radical (unpaired) electrons. The number of nitrogens with zero attached hydrogens (tertiary/aromatic N) is 2. The van der Waals surface area contributed by atoms with Crippen LogP contribution in [0, 0.1) is 0 Å². The Hall–Kier alpha value is -2.41. The molecule has 1 saturated heterocycles. The Kier molecular flexibility index (Phi) is 8.68. The van der Waals surface area contributed by atoms with Gasteiger partial charge in [-0.25, -0.2) is 0 Å². The van der Waals surface area contributed by atoms with Crippen LogP contribution in [0.15, 0.2) is 40.7 Å². The van der Waals surface area contributed by atoms with Gasteiger partial charge in [-0.05, 0) is 67.8 Å². The number of aryl methyl sites for hydroxylation is 1. The molecule has 0 bridgehead atoms. The van der Waals surface area contributed by atoms with E-state index >= 15 is 0 Å². The highest BCUT2D eigenvalue weighted by atomic mass is 32.1. The number of thiophene rings is 1. The summed E-state index contributed by atoms with van der Waals surface area (Å²) in [6.07, 6.45) is 4.26. The van der Waals surface area contributed by atoms with Crippen molar-refractivity contribution in [2.45, 2.75) is 38.6 Å². The van der Waals surface area contributed by atoms with E-state index in [-0.39, 0.29) is 0 Å². The maximum Gasteiger partial charge on any atom is 0.191 e. The number of piperidine rings is 1. The zero-order valence-electron chi connectivity index (χ0n) is 18.3. The lowest BCUT2D eigenvalue weighted by molar-refractivity contribution is 0.310. The first-order valence-electron chi connectivity index (χ1n) is 10.8. The first-order valence-corrected chi connectivity index (χ1v) is 11.7. The van der Waals surface area contributed by atoms with E-state index in [9.17, 15) is 0 Å².